The molecule has 10 heteroatoms. The molecule has 0 saturated heterocycles. The van der Waals surface area contributed by atoms with E-state index in [1.165, 1.54) is 36.4 Å². The number of rotatable bonds is 8. The summed E-state index contributed by atoms with van der Waals surface area (Å²) in [5.74, 6) is -1.17. The fraction of sp³-hybridized carbons (Fsp3) is 0.263. The van der Waals surface area contributed by atoms with Crippen LogP contribution in [-0.4, -0.2) is 31.4 Å². The molecule has 0 atom stereocenters. The lowest BCUT2D eigenvalue weighted by atomic mass is 10.1. The van der Waals surface area contributed by atoms with Crippen molar-refractivity contribution >= 4 is 11.9 Å². The predicted octanol–water partition coefficient (Wildman–Crippen LogP) is 2.88. The quantitative estimate of drug-likeness (QED) is 0.460. The van der Waals surface area contributed by atoms with Gasteiger partial charge < -0.3 is 20.7 Å². The third kappa shape index (κ3) is 8.50. The molecule has 0 radical (unpaired) electrons. The summed E-state index contributed by atoms with van der Waals surface area (Å²) in [5.41, 5.74) is 0.677. The Morgan fingerprint density at radius 1 is 0.931 bits per heavy atom. The van der Waals surface area contributed by atoms with Crippen LogP contribution in [-0.2, 0) is 17.8 Å². The number of halogens is 4. The lowest BCUT2D eigenvalue weighted by molar-refractivity contribution is -0.274. The minimum Gasteiger partial charge on any atom is -0.405 e. The van der Waals surface area contributed by atoms with Gasteiger partial charge in [-0.2, -0.15) is 0 Å². The molecule has 0 aromatic heterocycles. The van der Waals surface area contributed by atoms with Crippen molar-refractivity contribution in [2.75, 3.05) is 13.1 Å². The molecule has 2 aromatic carbocycles. The van der Waals surface area contributed by atoms with Crippen molar-refractivity contribution in [1.82, 2.24) is 16.0 Å². The molecule has 0 fully saturated rings. The third-order valence-electron chi connectivity index (χ3n) is 3.62. The monoisotopic (exact) mass is 413 g/mol. The van der Waals surface area contributed by atoms with Gasteiger partial charge in [0.2, 0.25) is 5.91 Å². The van der Waals surface area contributed by atoms with E-state index in [9.17, 15) is 27.2 Å². The second kappa shape index (κ2) is 10.3. The molecule has 3 amide bonds. The zero-order valence-electron chi connectivity index (χ0n) is 15.2. The lowest BCUT2D eigenvalue weighted by Gasteiger charge is -2.14. The van der Waals surface area contributed by atoms with Crippen molar-refractivity contribution < 1.29 is 31.9 Å². The molecule has 6 nitrogen and oxygen atoms in total. The van der Waals surface area contributed by atoms with Crippen LogP contribution in [0.15, 0.2) is 48.5 Å². The van der Waals surface area contributed by atoms with Gasteiger partial charge in [0.05, 0.1) is 6.42 Å². The number of ether oxygens (including phenoxy) is 1. The summed E-state index contributed by atoms with van der Waals surface area (Å²) in [6.07, 6.45) is -4.83. The Morgan fingerprint density at radius 3 is 2.38 bits per heavy atom. The van der Waals surface area contributed by atoms with Gasteiger partial charge >= 0.3 is 12.4 Å². The number of nitrogens with one attached hydrogen (secondary N) is 3. The average molecular weight is 413 g/mol. The van der Waals surface area contributed by atoms with Gasteiger partial charge in [0.15, 0.2) is 0 Å². The molecule has 0 aliphatic rings. The summed E-state index contributed by atoms with van der Waals surface area (Å²) in [6.45, 7) is 0.0563. The minimum absolute atomic E-state index is 0.0000537. The van der Waals surface area contributed by atoms with E-state index in [0.717, 1.165) is 6.07 Å². The van der Waals surface area contributed by atoms with Crippen molar-refractivity contribution in [2.24, 2.45) is 0 Å². The fourth-order valence-electron chi connectivity index (χ4n) is 2.38. The van der Waals surface area contributed by atoms with Gasteiger partial charge in [-0.25, -0.2) is 9.18 Å². The van der Waals surface area contributed by atoms with Gasteiger partial charge in [0, 0.05) is 25.2 Å². The van der Waals surface area contributed by atoms with Gasteiger partial charge in [-0.05, 0) is 23.8 Å². The number of benzene rings is 2. The van der Waals surface area contributed by atoms with Gasteiger partial charge in [-0.15, -0.1) is 13.2 Å². The highest BCUT2D eigenvalue weighted by Gasteiger charge is 2.31. The molecule has 0 spiro atoms. The van der Waals surface area contributed by atoms with Gasteiger partial charge in [0.1, 0.15) is 11.6 Å². The Morgan fingerprint density at radius 2 is 1.66 bits per heavy atom. The summed E-state index contributed by atoms with van der Waals surface area (Å²) < 4.78 is 54.1. The normalized spacial score (nSPS) is 10.9. The van der Waals surface area contributed by atoms with Crippen molar-refractivity contribution in [2.45, 2.75) is 19.3 Å². The summed E-state index contributed by atoms with van der Waals surface area (Å²) in [6, 6.07) is 10.5. The largest absolute Gasteiger partial charge is 0.573 e. The van der Waals surface area contributed by atoms with E-state index < -0.39 is 24.0 Å². The van der Waals surface area contributed by atoms with Crippen LogP contribution in [0.1, 0.15) is 11.1 Å². The maximum atomic E-state index is 13.1. The molecule has 0 bridgehead atoms. The van der Waals surface area contributed by atoms with Crippen LogP contribution >= 0.6 is 0 Å². The van der Waals surface area contributed by atoms with E-state index in [0.29, 0.717) is 5.56 Å². The maximum absolute atomic E-state index is 13.1. The van der Waals surface area contributed by atoms with Gasteiger partial charge in [-0.1, -0.05) is 30.3 Å². The molecule has 0 saturated carbocycles. The van der Waals surface area contributed by atoms with Crippen molar-refractivity contribution in [3.8, 4) is 5.75 Å². The smallest absolute Gasteiger partial charge is 0.405 e. The third-order valence-corrected chi connectivity index (χ3v) is 3.62. The molecular formula is C19H19F4N3O3. The van der Waals surface area contributed by atoms with Crippen molar-refractivity contribution in [3.63, 3.8) is 0 Å². The number of urea groups is 1. The Kier molecular flexibility index (Phi) is 7.81. The van der Waals surface area contributed by atoms with Crippen LogP contribution in [0.3, 0.4) is 0 Å². The fourth-order valence-corrected chi connectivity index (χ4v) is 2.38. The Bertz CT molecular complexity index is 843. The Balaban J connectivity index is 1.68. The first-order valence-electron chi connectivity index (χ1n) is 8.59. The highest BCUT2D eigenvalue weighted by atomic mass is 19.4. The number of hydrogen-bond acceptors (Lipinski definition) is 3. The molecule has 0 heterocycles. The highest BCUT2D eigenvalue weighted by molar-refractivity contribution is 5.78. The predicted molar refractivity (Wildman–Crippen MR) is 96.5 cm³/mol. The number of carbonyl (C=O) groups excluding carboxylic acids is 2. The topological polar surface area (TPSA) is 79.5 Å². The van der Waals surface area contributed by atoms with Crippen molar-refractivity contribution in [1.29, 1.82) is 0 Å². The first-order chi connectivity index (χ1) is 13.7. The zero-order chi connectivity index (χ0) is 21.3. The van der Waals surface area contributed by atoms with Crippen LogP contribution in [0.5, 0.6) is 5.75 Å². The summed E-state index contributed by atoms with van der Waals surface area (Å²) >= 11 is 0. The van der Waals surface area contributed by atoms with Gasteiger partial charge in [-0.3, -0.25) is 4.79 Å². The van der Waals surface area contributed by atoms with Crippen molar-refractivity contribution in [3.05, 3.63) is 65.5 Å². The number of carbonyl (C=O) groups is 2. The standard InChI is InChI=1S/C19H19F4N3O3/c20-15-6-3-4-13(10-15)11-17(27)24-8-9-25-18(28)26-12-14-5-1-2-7-16(14)29-19(21,22)23/h1-7,10H,8-9,11-12H2,(H,24,27)(H2,25,26,28). The van der Waals surface area contributed by atoms with E-state index in [1.54, 1.807) is 6.07 Å². The molecule has 156 valence electrons. The SMILES string of the molecule is O=C(Cc1cccc(F)c1)NCCNC(=O)NCc1ccccc1OC(F)(F)F. The summed E-state index contributed by atoms with van der Waals surface area (Å²) in [4.78, 5) is 23.5. The number of hydrogen-bond donors (Lipinski definition) is 3. The minimum atomic E-state index is -4.83. The first kappa shape index (κ1) is 22.0. The maximum Gasteiger partial charge on any atom is 0.573 e. The Hall–Kier alpha value is -3.30. The second-order valence-electron chi connectivity index (χ2n) is 5.92. The van der Waals surface area contributed by atoms with E-state index in [2.05, 4.69) is 20.7 Å². The zero-order valence-corrected chi connectivity index (χ0v) is 15.2. The second-order valence-corrected chi connectivity index (χ2v) is 5.92. The summed E-state index contributed by atoms with van der Waals surface area (Å²) in [7, 11) is 0. The van der Waals surface area contributed by atoms with Crippen LogP contribution in [0.4, 0.5) is 22.4 Å². The molecule has 29 heavy (non-hydrogen) atoms. The molecular weight excluding hydrogens is 394 g/mol. The Labute approximate surface area is 164 Å². The van der Waals surface area contributed by atoms with Crippen LogP contribution in [0.2, 0.25) is 0 Å². The highest BCUT2D eigenvalue weighted by Crippen LogP contribution is 2.25. The van der Waals surface area contributed by atoms with Crippen LogP contribution in [0, 0.1) is 5.82 Å². The molecule has 2 rings (SSSR count). The number of para-hydroxylation sites is 1. The molecule has 0 aliphatic carbocycles. The molecule has 0 aliphatic heterocycles. The first-order valence-corrected chi connectivity index (χ1v) is 8.59. The molecule has 3 N–H and O–H groups in total. The molecule has 0 unspecified atom stereocenters. The lowest BCUT2D eigenvalue weighted by Crippen LogP contribution is -2.40. The van der Waals surface area contributed by atoms with E-state index in [1.807, 2.05) is 0 Å². The van der Waals surface area contributed by atoms with Gasteiger partial charge in [0.25, 0.3) is 0 Å². The average Bonchev–Trinajstić information content (AvgIpc) is 2.63. The molecule has 2 aromatic rings. The number of amides is 3. The summed E-state index contributed by atoms with van der Waals surface area (Å²) in [5, 5.41) is 7.43. The van der Waals surface area contributed by atoms with Crippen LogP contribution in [0.25, 0.3) is 0 Å². The van der Waals surface area contributed by atoms with Crippen LogP contribution < -0.4 is 20.7 Å². The van der Waals surface area contributed by atoms with E-state index in [4.69, 9.17) is 0 Å². The number of alkyl halides is 3. The van der Waals surface area contributed by atoms with E-state index >= 15 is 0 Å². The van der Waals surface area contributed by atoms with E-state index in [-0.39, 0.29) is 37.5 Å².